The van der Waals surface area contributed by atoms with Gasteiger partial charge < -0.3 is 49.8 Å². The van der Waals surface area contributed by atoms with E-state index in [4.69, 9.17) is 29.4 Å². The van der Waals surface area contributed by atoms with Crippen molar-refractivity contribution in [2.45, 2.75) is 110 Å². The van der Waals surface area contributed by atoms with Gasteiger partial charge in [0.05, 0.1) is 25.2 Å². The second-order valence-electron chi connectivity index (χ2n) is 15.5. The standard InChI is InChI=1S/C33H52O4.2H3O3P/c1-28(2,3)22-13-15-24(30(7,8)9)26(17-22)33(37,32(19-34,20-35)21-36)27-18-23(29(4,5)6)14-16-25(27)31(10,11)12;2*1-4(2)3/h13-18,34-37H,19-21H2,1-12H3;2*1-3H. The molecule has 0 bridgehead atoms. The predicted octanol–water partition coefficient (Wildman–Crippen LogP) is 4.46. The topological polar surface area (TPSA) is 202 Å². The lowest BCUT2D eigenvalue weighted by molar-refractivity contribution is -0.137. The summed E-state index contributed by atoms with van der Waals surface area (Å²) in [5.74, 6) is 0. The molecule has 0 aliphatic heterocycles. The number of benzene rings is 2. The summed E-state index contributed by atoms with van der Waals surface area (Å²) >= 11 is 0. The molecule has 2 aromatic carbocycles. The highest BCUT2D eigenvalue weighted by atomic mass is 31.2. The van der Waals surface area contributed by atoms with Gasteiger partial charge in [-0.15, -0.1) is 0 Å². The van der Waals surface area contributed by atoms with Crippen molar-refractivity contribution >= 4 is 17.2 Å². The molecule has 0 atom stereocenters. The van der Waals surface area contributed by atoms with E-state index in [1.807, 2.05) is 12.1 Å². The van der Waals surface area contributed by atoms with Gasteiger partial charge in [0.25, 0.3) is 0 Å². The lowest BCUT2D eigenvalue weighted by atomic mass is 9.60. The van der Waals surface area contributed by atoms with Crippen LogP contribution in [-0.4, -0.2) is 69.6 Å². The molecule has 10 N–H and O–H groups in total. The Morgan fingerprint density at radius 3 is 0.867 bits per heavy atom. The fraction of sp³-hybridized carbons (Fsp3) is 0.636. The monoisotopic (exact) mass is 676 g/mol. The van der Waals surface area contributed by atoms with Crippen LogP contribution in [0.15, 0.2) is 36.4 Å². The van der Waals surface area contributed by atoms with Crippen molar-refractivity contribution < 1.29 is 49.8 Å². The van der Waals surface area contributed by atoms with Gasteiger partial charge in [-0.25, -0.2) is 0 Å². The van der Waals surface area contributed by atoms with Gasteiger partial charge in [-0.2, -0.15) is 0 Å². The molecular formula is C33H58O10P2. The van der Waals surface area contributed by atoms with Gasteiger partial charge in [0, 0.05) is 0 Å². The van der Waals surface area contributed by atoms with E-state index < -0.39 is 48.0 Å². The average molecular weight is 677 g/mol. The summed E-state index contributed by atoms with van der Waals surface area (Å²) in [4.78, 5) is 43.4. The van der Waals surface area contributed by atoms with Crippen LogP contribution < -0.4 is 0 Å². The van der Waals surface area contributed by atoms with Crippen LogP contribution in [-0.2, 0) is 27.3 Å². The van der Waals surface area contributed by atoms with Crippen molar-refractivity contribution in [3.63, 3.8) is 0 Å². The van der Waals surface area contributed by atoms with Gasteiger partial charge in [-0.1, -0.05) is 119 Å². The second kappa shape index (κ2) is 16.3. The number of hydrogen-bond acceptors (Lipinski definition) is 10. The first-order valence-electron chi connectivity index (χ1n) is 14.7. The number of hydrogen-bond donors (Lipinski definition) is 10. The zero-order valence-electron chi connectivity index (χ0n) is 29.0. The van der Waals surface area contributed by atoms with E-state index in [-0.39, 0.29) is 21.7 Å². The van der Waals surface area contributed by atoms with E-state index in [0.29, 0.717) is 11.1 Å². The number of aliphatic hydroxyl groups is 4. The Morgan fingerprint density at radius 1 is 0.444 bits per heavy atom. The molecule has 10 nitrogen and oxygen atoms in total. The Balaban J connectivity index is 0.00000215. The van der Waals surface area contributed by atoms with E-state index in [9.17, 15) is 20.4 Å². The third kappa shape index (κ3) is 11.5. The smallest absolute Gasteiger partial charge is 0.324 e. The van der Waals surface area contributed by atoms with E-state index in [1.165, 1.54) is 0 Å². The van der Waals surface area contributed by atoms with Gasteiger partial charge in [0.15, 0.2) is 0 Å². The molecule has 2 aromatic rings. The Morgan fingerprint density at radius 2 is 0.689 bits per heavy atom. The van der Waals surface area contributed by atoms with Crippen molar-refractivity contribution in [2.75, 3.05) is 19.8 Å². The van der Waals surface area contributed by atoms with Crippen LogP contribution in [0.2, 0.25) is 0 Å². The highest BCUT2D eigenvalue weighted by molar-refractivity contribution is 7.38. The first-order valence-corrected chi connectivity index (χ1v) is 17.1. The fourth-order valence-corrected chi connectivity index (χ4v) is 5.14. The minimum atomic E-state index is -2.62. The molecule has 0 saturated heterocycles. The zero-order valence-corrected chi connectivity index (χ0v) is 30.7. The quantitative estimate of drug-likeness (QED) is 0.195. The van der Waals surface area contributed by atoms with Crippen LogP contribution in [0.1, 0.15) is 116 Å². The molecular weight excluding hydrogens is 618 g/mol. The van der Waals surface area contributed by atoms with Crippen LogP contribution in [0, 0.1) is 5.41 Å². The molecule has 0 amide bonds. The average Bonchev–Trinajstić information content (AvgIpc) is 2.86. The van der Waals surface area contributed by atoms with Crippen LogP contribution in [0.25, 0.3) is 0 Å². The third-order valence-electron chi connectivity index (χ3n) is 7.84. The largest absolute Gasteiger partial charge is 0.395 e. The zero-order chi connectivity index (χ0) is 36.0. The van der Waals surface area contributed by atoms with Gasteiger partial charge in [0.2, 0.25) is 0 Å². The molecule has 0 saturated carbocycles. The maximum absolute atomic E-state index is 13.3. The predicted molar refractivity (Wildman–Crippen MR) is 182 cm³/mol. The maximum atomic E-state index is 13.3. The van der Waals surface area contributed by atoms with Crippen molar-refractivity contribution in [3.8, 4) is 0 Å². The molecule has 0 unspecified atom stereocenters. The Kier molecular flexibility index (Phi) is 15.9. The number of rotatable bonds is 6. The minimum absolute atomic E-state index is 0.202. The lowest BCUT2D eigenvalue weighted by Crippen LogP contribution is -2.55. The summed E-state index contributed by atoms with van der Waals surface area (Å²) < 4.78 is 0. The van der Waals surface area contributed by atoms with Crippen LogP contribution in [0.3, 0.4) is 0 Å². The second-order valence-corrected chi connectivity index (χ2v) is 16.6. The Hall–Kier alpha value is -1.10. The van der Waals surface area contributed by atoms with Gasteiger partial charge >= 0.3 is 17.2 Å². The van der Waals surface area contributed by atoms with Crippen LogP contribution >= 0.6 is 17.2 Å². The third-order valence-corrected chi connectivity index (χ3v) is 7.84. The minimum Gasteiger partial charge on any atom is -0.395 e. The first-order chi connectivity index (χ1) is 20.1. The van der Waals surface area contributed by atoms with Gasteiger partial charge in [-0.3, -0.25) is 0 Å². The SMILES string of the molecule is CC(C)(C)c1ccc(C(C)(C)C)c(C(O)(c2cc(C(C)(C)C)ccc2C(C)(C)C)C(CO)(CO)CO)c1.OP(O)O.OP(O)O. The van der Waals surface area contributed by atoms with E-state index >= 15 is 0 Å². The molecule has 2 rings (SSSR count). The van der Waals surface area contributed by atoms with Crippen molar-refractivity contribution in [2.24, 2.45) is 5.41 Å². The molecule has 260 valence electrons. The molecule has 0 aromatic heterocycles. The molecule has 45 heavy (non-hydrogen) atoms. The molecule has 0 aliphatic carbocycles. The first kappa shape index (κ1) is 43.9. The van der Waals surface area contributed by atoms with E-state index in [0.717, 1.165) is 22.3 Å². The summed E-state index contributed by atoms with van der Waals surface area (Å²) in [6.45, 7) is 23.5. The summed E-state index contributed by atoms with van der Waals surface area (Å²) in [6, 6.07) is 12.3. The maximum Gasteiger partial charge on any atom is 0.324 e. The summed E-state index contributed by atoms with van der Waals surface area (Å²) in [5, 5.41) is 45.7. The molecule has 0 aliphatic rings. The molecule has 0 radical (unpaired) electrons. The van der Waals surface area contributed by atoms with Crippen molar-refractivity contribution in [3.05, 3.63) is 69.8 Å². The summed E-state index contributed by atoms with van der Waals surface area (Å²) in [7, 11) is -5.24. The van der Waals surface area contributed by atoms with Gasteiger partial charge in [-0.05, 0) is 55.0 Å². The normalized spacial score (nSPS) is 13.3. The highest BCUT2D eigenvalue weighted by Gasteiger charge is 2.55. The molecule has 0 fully saturated rings. The van der Waals surface area contributed by atoms with E-state index in [1.54, 1.807) is 0 Å². The highest BCUT2D eigenvalue weighted by Crippen LogP contribution is 2.52. The van der Waals surface area contributed by atoms with Crippen molar-refractivity contribution in [1.29, 1.82) is 0 Å². The Bertz CT molecular complexity index is 1100. The summed E-state index contributed by atoms with van der Waals surface area (Å²) in [5.41, 5.74) is 0.458. The lowest BCUT2D eigenvalue weighted by Gasteiger charge is -2.49. The van der Waals surface area contributed by atoms with E-state index in [2.05, 4.69) is 107 Å². The van der Waals surface area contributed by atoms with Crippen molar-refractivity contribution in [1.82, 2.24) is 0 Å². The fourth-order valence-electron chi connectivity index (χ4n) is 5.14. The van der Waals surface area contributed by atoms with Gasteiger partial charge in [0.1, 0.15) is 5.60 Å². The Labute approximate surface area is 272 Å². The summed E-state index contributed by atoms with van der Waals surface area (Å²) in [6.07, 6.45) is 0. The molecule has 12 heteroatoms. The van der Waals surface area contributed by atoms with Crippen LogP contribution in [0.5, 0.6) is 0 Å². The molecule has 0 heterocycles. The van der Waals surface area contributed by atoms with Crippen LogP contribution in [0.4, 0.5) is 0 Å². The number of aliphatic hydroxyl groups excluding tert-OH is 3. The molecule has 0 spiro atoms.